The van der Waals surface area contributed by atoms with E-state index in [4.69, 9.17) is 9.47 Å². The van der Waals surface area contributed by atoms with Gasteiger partial charge in [-0.3, -0.25) is 4.98 Å². The van der Waals surface area contributed by atoms with Crippen molar-refractivity contribution >= 4 is 35.6 Å². The highest BCUT2D eigenvalue weighted by atomic mass is 127. The third kappa shape index (κ3) is 6.66. The fraction of sp³-hybridized carbons (Fsp3) is 0.429. The van der Waals surface area contributed by atoms with Crippen molar-refractivity contribution in [2.45, 2.75) is 25.9 Å². The van der Waals surface area contributed by atoms with Crippen molar-refractivity contribution in [3.8, 4) is 11.5 Å². The van der Waals surface area contributed by atoms with E-state index in [-0.39, 0.29) is 24.0 Å². The number of pyridine rings is 1. The summed E-state index contributed by atoms with van der Waals surface area (Å²) in [7, 11) is 3.35. The van der Waals surface area contributed by atoms with E-state index in [0.29, 0.717) is 12.6 Å². The van der Waals surface area contributed by atoms with Crippen LogP contribution in [0.2, 0.25) is 0 Å². The molecule has 0 aliphatic carbocycles. The average Bonchev–Trinajstić information content (AvgIpc) is 3.21. The number of halogens is 1. The molecule has 0 spiro atoms. The molecule has 0 saturated carbocycles. The Balaban J connectivity index is 0.00000300. The number of methoxy groups -OCH3 is 2. The van der Waals surface area contributed by atoms with Gasteiger partial charge in [-0.25, -0.2) is 4.99 Å². The number of hydrogen-bond acceptors (Lipinski definition) is 5. The summed E-state index contributed by atoms with van der Waals surface area (Å²) in [4.78, 5) is 11.3. The molecular formula is C21H30IN5O2. The molecule has 2 aromatic rings. The molecule has 7 nitrogen and oxygen atoms in total. The SMILES string of the molecule is CCNC(=NCc1ccccn1)NC1CCN(c2cc(OC)cc(OC)c2)C1.I. The van der Waals surface area contributed by atoms with Crippen molar-refractivity contribution in [1.29, 1.82) is 0 Å². The summed E-state index contributed by atoms with van der Waals surface area (Å²) in [5.41, 5.74) is 2.06. The van der Waals surface area contributed by atoms with Gasteiger partial charge in [0.2, 0.25) is 0 Å². The van der Waals surface area contributed by atoms with Crippen LogP contribution in [0.3, 0.4) is 0 Å². The lowest BCUT2D eigenvalue weighted by atomic mass is 10.2. The van der Waals surface area contributed by atoms with E-state index in [1.165, 1.54) is 0 Å². The van der Waals surface area contributed by atoms with Crippen molar-refractivity contribution in [2.75, 3.05) is 38.8 Å². The van der Waals surface area contributed by atoms with Crippen LogP contribution in [0.15, 0.2) is 47.6 Å². The molecule has 1 fully saturated rings. The number of aliphatic imine (C=N–C) groups is 1. The lowest BCUT2D eigenvalue weighted by molar-refractivity contribution is 0.394. The van der Waals surface area contributed by atoms with Crippen LogP contribution in [-0.4, -0.2) is 50.8 Å². The number of rotatable bonds is 7. The lowest BCUT2D eigenvalue weighted by Gasteiger charge is -2.21. The van der Waals surface area contributed by atoms with E-state index in [1.807, 2.05) is 36.4 Å². The maximum Gasteiger partial charge on any atom is 0.191 e. The molecule has 29 heavy (non-hydrogen) atoms. The fourth-order valence-electron chi connectivity index (χ4n) is 3.25. The van der Waals surface area contributed by atoms with Gasteiger partial charge < -0.3 is 25.0 Å². The number of aromatic nitrogens is 1. The molecule has 1 aromatic heterocycles. The molecule has 8 heteroatoms. The minimum absolute atomic E-state index is 0. The highest BCUT2D eigenvalue weighted by Gasteiger charge is 2.24. The Morgan fingerprint density at radius 3 is 2.59 bits per heavy atom. The smallest absolute Gasteiger partial charge is 0.191 e. The van der Waals surface area contributed by atoms with Gasteiger partial charge in [0.1, 0.15) is 11.5 Å². The van der Waals surface area contributed by atoms with Crippen LogP contribution < -0.4 is 25.0 Å². The molecule has 158 valence electrons. The Morgan fingerprint density at radius 2 is 1.97 bits per heavy atom. The fourth-order valence-corrected chi connectivity index (χ4v) is 3.25. The quantitative estimate of drug-likeness (QED) is 0.339. The monoisotopic (exact) mass is 511 g/mol. The molecule has 1 atom stereocenters. The molecule has 1 saturated heterocycles. The van der Waals surface area contributed by atoms with E-state index < -0.39 is 0 Å². The van der Waals surface area contributed by atoms with Gasteiger partial charge in [0, 0.05) is 55.8 Å². The molecule has 0 radical (unpaired) electrons. The van der Waals surface area contributed by atoms with Gasteiger partial charge in [-0.05, 0) is 25.5 Å². The number of hydrogen-bond donors (Lipinski definition) is 2. The molecular weight excluding hydrogens is 481 g/mol. The molecule has 2 heterocycles. The molecule has 1 aliphatic rings. The van der Waals surface area contributed by atoms with E-state index in [9.17, 15) is 0 Å². The van der Waals surface area contributed by atoms with Gasteiger partial charge in [0.25, 0.3) is 0 Å². The first-order valence-electron chi connectivity index (χ1n) is 9.64. The maximum absolute atomic E-state index is 5.40. The minimum Gasteiger partial charge on any atom is -0.497 e. The van der Waals surface area contributed by atoms with Crippen LogP contribution in [-0.2, 0) is 6.54 Å². The third-order valence-corrected chi connectivity index (χ3v) is 4.70. The predicted octanol–water partition coefficient (Wildman–Crippen LogP) is 3.05. The number of nitrogens with zero attached hydrogens (tertiary/aromatic N) is 3. The first-order valence-corrected chi connectivity index (χ1v) is 9.64. The van der Waals surface area contributed by atoms with E-state index in [0.717, 1.165) is 54.9 Å². The molecule has 2 N–H and O–H groups in total. The highest BCUT2D eigenvalue weighted by Crippen LogP contribution is 2.30. The van der Waals surface area contributed by atoms with Gasteiger partial charge in [-0.2, -0.15) is 0 Å². The first-order chi connectivity index (χ1) is 13.7. The molecule has 1 aromatic carbocycles. The van der Waals surface area contributed by atoms with Gasteiger partial charge >= 0.3 is 0 Å². The van der Waals surface area contributed by atoms with Crippen LogP contribution in [0.1, 0.15) is 19.0 Å². The van der Waals surface area contributed by atoms with Crippen LogP contribution in [0.25, 0.3) is 0 Å². The summed E-state index contributed by atoms with van der Waals surface area (Å²) in [6.45, 7) is 5.30. The molecule has 0 bridgehead atoms. The number of anilines is 1. The number of ether oxygens (including phenoxy) is 2. The molecule has 1 aliphatic heterocycles. The zero-order valence-electron chi connectivity index (χ0n) is 17.2. The molecule has 1 unspecified atom stereocenters. The van der Waals surface area contributed by atoms with Gasteiger partial charge in [-0.15, -0.1) is 24.0 Å². The van der Waals surface area contributed by atoms with E-state index >= 15 is 0 Å². The third-order valence-electron chi connectivity index (χ3n) is 4.70. The summed E-state index contributed by atoms with van der Waals surface area (Å²) in [5, 5.41) is 6.87. The van der Waals surface area contributed by atoms with Crippen molar-refractivity contribution in [2.24, 2.45) is 4.99 Å². The largest absolute Gasteiger partial charge is 0.497 e. The number of benzene rings is 1. The van der Waals surface area contributed by atoms with Gasteiger partial charge in [-0.1, -0.05) is 6.07 Å². The van der Waals surface area contributed by atoms with Crippen molar-refractivity contribution in [1.82, 2.24) is 15.6 Å². The summed E-state index contributed by atoms with van der Waals surface area (Å²) in [6.07, 6.45) is 2.83. The minimum atomic E-state index is 0. The standard InChI is InChI=1S/C21H29N5O2.HI/c1-4-22-21(24-14-16-7-5-6-9-23-16)25-17-8-10-26(15-17)18-11-19(27-2)13-20(12-18)28-3;/h5-7,9,11-13,17H,4,8,10,14-15H2,1-3H3,(H2,22,24,25);1H. The van der Waals surface area contributed by atoms with Crippen molar-refractivity contribution < 1.29 is 9.47 Å². The summed E-state index contributed by atoms with van der Waals surface area (Å²) in [6, 6.07) is 12.2. The van der Waals surface area contributed by atoms with Gasteiger partial charge in [0.05, 0.1) is 26.5 Å². The Morgan fingerprint density at radius 1 is 1.21 bits per heavy atom. The molecule has 3 rings (SSSR count). The Kier molecular flexibility index (Phi) is 9.30. The van der Waals surface area contributed by atoms with Crippen molar-refractivity contribution in [3.63, 3.8) is 0 Å². The van der Waals surface area contributed by atoms with E-state index in [1.54, 1.807) is 20.4 Å². The van der Waals surface area contributed by atoms with Crippen molar-refractivity contribution in [3.05, 3.63) is 48.3 Å². The second-order valence-electron chi connectivity index (χ2n) is 6.66. The molecule has 0 amide bonds. The first kappa shape index (κ1) is 23.1. The second kappa shape index (κ2) is 11.7. The second-order valence-corrected chi connectivity index (χ2v) is 6.66. The zero-order valence-corrected chi connectivity index (χ0v) is 19.6. The Labute approximate surface area is 189 Å². The maximum atomic E-state index is 5.40. The zero-order chi connectivity index (χ0) is 19.8. The van der Waals surface area contributed by atoms with Crippen LogP contribution in [0.4, 0.5) is 5.69 Å². The topological polar surface area (TPSA) is 71.0 Å². The van der Waals surface area contributed by atoms with Crippen LogP contribution in [0.5, 0.6) is 11.5 Å². The lowest BCUT2D eigenvalue weighted by Crippen LogP contribution is -2.44. The number of guanidine groups is 1. The average molecular weight is 511 g/mol. The number of nitrogens with one attached hydrogen (secondary N) is 2. The Hall–Kier alpha value is -2.23. The van der Waals surface area contributed by atoms with Crippen LogP contribution >= 0.6 is 24.0 Å². The van der Waals surface area contributed by atoms with Gasteiger partial charge in [0.15, 0.2) is 5.96 Å². The summed E-state index contributed by atoms with van der Waals surface area (Å²) in [5.74, 6) is 2.43. The summed E-state index contributed by atoms with van der Waals surface area (Å²) < 4.78 is 10.8. The summed E-state index contributed by atoms with van der Waals surface area (Å²) >= 11 is 0. The highest BCUT2D eigenvalue weighted by molar-refractivity contribution is 14.0. The van der Waals surface area contributed by atoms with Crippen LogP contribution in [0, 0.1) is 0 Å². The normalized spacial score (nSPS) is 16.2. The predicted molar refractivity (Wildman–Crippen MR) is 128 cm³/mol. The van der Waals surface area contributed by atoms with E-state index in [2.05, 4.69) is 32.4 Å². The Bertz CT molecular complexity index is 766.